The fraction of sp³-hybridized carbons (Fsp3) is 0.400. The molecule has 0 aliphatic carbocycles. The third-order valence-corrected chi connectivity index (χ3v) is 2.06. The molecule has 1 heterocycles. The summed E-state index contributed by atoms with van der Waals surface area (Å²) in [5.41, 5.74) is 0. The molecule has 11 heavy (non-hydrogen) atoms. The van der Waals surface area contributed by atoms with Crippen molar-refractivity contribution in [1.29, 1.82) is 0 Å². The van der Waals surface area contributed by atoms with Crippen LogP contribution in [0.15, 0.2) is 17.3 Å². The Morgan fingerprint density at radius 3 is 2.91 bits per heavy atom. The molecule has 0 aromatic carbocycles. The molecule has 0 amide bonds. The van der Waals surface area contributed by atoms with Gasteiger partial charge in [0.05, 0.1) is 6.26 Å². The van der Waals surface area contributed by atoms with Gasteiger partial charge in [0.1, 0.15) is 5.04 Å². The topological polar surface area (TPSA) is 55.7 Å². The van der Waals surface area contributed by atoms with E-state index in [9.17, 15) is 8.42 Å². The molecule has 0 saturated carbocycles. The highest BCUT2D eigenvalue weighted by Crippen LogP contribution is 2.13. The molecule has 0 N–H and O–H groups in total. The van der Waals surface area contributed by atoms with Crippen LogP contribution >= 0.6 is 11.8 Å². The summed E-state index contributed by atoms with van der Waals surface area (Å²) in [4.78, 5) is 0. The van der Waals surface area contributed by atoms with Crippen LogP contribution < -0.4 is 0 Å². The molecule has 0 fully saturated rings. The Bertz CT molecular complexity index is 291. The van der Waals surface area contributed by atoms with Crippen molar-refractivity contribution < 1.29 is 12.7 Å². The van der Waals surface area contributed by atoms with Gasteiger partial charge in [-0.2, -0.15) is 8.42 Å². The molecular weight excluding hydrogens is 186 g/mol. The van der Waals surface area contributed by atoms with Gasteiger partial charge in [-0.05, 0) is 6.08 Å². The van der Waals surface area contributed by atoms with Crippen LogP contribution in [0, 0.1) is 0 Å². The van der Waals surface area contributed by atoms with Gasteiger partial charge in [-0.1, -0.05) is 23.0 Å². The number of rotatable bonds is 2. The maximum absolute atomic E-state index is 10.4. The Morgan fingerprint density at radius 1 is 1.73 bits per heavy atom. The van der Waals surface area contributed by atoms with Gasteiger partial charge in [0.2, 0.25) is 0 Å². The molecule has 0 bridgehead atoms. The molecule has 4 nitrogen and oxygen atoms in total. The monoisotopic (exact) mass is 193 g/mol. The molecular formula is C5H7NO3S2. The van der Waals surface area contributed by atoms with Crippen LogP contribution in [0.1, 0.15) is 0 Å². The predicted molar refractivity (Wildman–Crippen MR) is 45.0 cm³/mol. The van der Waals surface area contributed by atoms with Crippen molar-refractivity contribution in [1.82, 2.24) is 0 Å². The minimum Gasteiger partial charge on any atom is -0.268 e. The van der Waals surface area contributed by atoms with E-state index in [2.05, 4.69) is 9.44 Å². The van der Waals surface area contributed by atoms with E-state index in [0.29, 0.717) is 5.04 Å². The number of hydrogen-bond acceptors (Lipinski definition) is 5. The average molecular weight is 193 g/mol. The standard InChI is InChI=1S/C5H7NO3S2/c1-11(7,8)9-6-5-3-2-4-10-5/h2-3H,4H2,1H3. The van der Waals surface area contributed by atoms with E-state index >= 15 is 0 Å². The van der Waals surface area contributed by atoms with E-state index in [4.69, 9.17) is 0 Å². The second kappa shape index (κ2) is 3.27. The van der Waals surface area contributed by atoms with Gasteiger partial charge in [0.15, 0.2) is 0 Å². The summed E-state index contributed by atoms with van der Waals surface area (Å²) in [7, 11) is -3.45. The quantitative estimate of drug-likeness (QED) is 0.602. The lowest BCUT2D eigenvalue weighted by molar-refractivity contribution is 0.345. The molecule has 0 unspecified atom stereocenters. The van der Waals surface area contributed by atoms with Gasteiger partial charge >= 0.3 is 10.1 Å². The minimum atomic E-state index is -3.45. The molecule has 0 radical (unpaired) electrons. The van der Waals surface area contributed by atoms with Crippen LogP contribution in [0.25, 0.3) is 0 Å². The van der Waals surface area contributed by atoms with Crippen molar-refractivity contribution >= 4 is 26.9 Å². The molecule has 6 heteroatoms. The van der Waals surface area contributed by atoms with E-state index in [1.165, 1.54) is 11.8 Å². The van der Waals surface area contributed by atoms with Gasteiger partial charge in [-0.15, -0.1) is 0 Å². The zero-order valence-corrected chi connectivity index (χ0v) is 7.48. The number of hydrogen-bond donors (Lipinski definition) is 0. The normalized spacial score (nSPS) is 21.0. The highest BCUT2D eigenvalue weighted by molar-refractivity contribution is 8.14. The number of oxime groups is 1. The van der Waals surface area contributed by atoms with Crippen LogP contribution in [0.3, 0.4) is 0 Å². The zero-order valence-electron chi connectivity index (χ0n) is 5.85. The highest BCUT2D eigenvalue weighted by Gasteiger charge is 2.04. The minimum absolute atomic E-state index is 0.593. The van der Waals surface area contributed by atoms with E-state index < -0.39 is 10.1 Å². The van der Waals surface area contributed by atoms with Crippen molar-refractivity contribution in [2.75, 3.05) is 12.0 Å². The lowest BCUT2D eigenvalue weighted by atomic mass is 10.6. The Balaban J connectivity index is 2.54. The van der Waals surface area contributed by atoms with Crippen LogP contribution in [0.5, 0.6) is 0 Å². The van der Waals surface area contributed by atoms with Gasteiger partial charge in [-0.3, -0.25) is 4.28 Å². The first kappa shape index (κ1) is 8.61. The summed E-state index contributed by atoms with van der Waals surface area (Å²) >= 11 is 1.43. The molecule has 0 atom stereocenters. The average Bonchev–Trinajstić information content (AvgIpc) is 2.32. The van der Waals surface area contributed by atoms with Crippen LogP contribution in [0.2, 0.25) is 0 Å². The van der Waals surface area contributed by atoms with Crippen LogP contribution in [-0.4, -0.2) is 25.5 Å². The smallest absolute Gasteiger partial charge is 0.268 e. The predicted octanol–water partition coefficient (Wildman–Crippen LogP) is 0.579. The van der Waals surface area contributed by atoms with Gasteiger partial charge in [0, 0.05) is 5.75 Å². The van der Waals surface area contributed by atoms with E-state index in [1.807, 2.05) is 6.08 Å². The van der Waals surface area contributed by atoms with Crippen molar-refractivity contribution in [3.05, 3.63) is 12.2 Å². The van der Waals surface area contributed by atoms with Gasteiger partial charge in [0.25, 0.3) is 0 Å². The van der Waals surface area contributed by atoms with E-state index in [1.54, 1.807) is 6.08 Å². The fourth-order valence-electron chi connectivity index (χ4n) is 0.492. The molecule has 1 aliphatic rings. The molecule has 1 rings (SSSR count). The van der Waals surface area contributed by atoms with Crippen molar-refractivity contribution in [3.8, 4) is 0 Å². The fourth-order valence-corrected chi connectivity index (χ4v) is 1.40. The van der Waals surface area contributed by atoms with Crippen LogP contribution in [-0.2, 0) is 14.4 Å². The molecule has 0 aromatic heterocycles. The first-order chi connectivity index (χ1) is 5.08. The maximum Gasteiger partial charge on any atom is 0.325 e. The summed E-state index contributed by atoms with van der Waals surface area (Å²) in [6.45, 7) is 0. The molecule has 62 valence electrons. The lowest BCUT2D eigenvalue weighted by Gasteiger charge is -1.93. The molecule has 1 aliphatic heterocycles. The second-order valence-electron chi connectivity index (χ2n) is 1.92. The van der Waals surface area contributed by atoms with Gasteiger partial charge < -0.3 is 0 Å². The third-order valence-electron chi connectivity index (χ3n) is 0.851. The highest BCUT2D eigenvalue weighted by atomic mass is 32.2. The summed E-state index contributed by atoms with van der Waals surface area (Å²) in [6.07, 6.45) is 4.56. The number of nitrogens with zero attached hydrogens (tertiary/aromatic N) is 1. The molecule has 0 saturated heterocycles. The van der Waals surface area contributed by atoms with Crippen molar-refractivity contribution in [2.45, 2.75) is 0 Å². The van der Waals surface area contributed by atoms with Crippen molar-refractivity contribution in [2.24, 2.45) is 5.16 Å². The Hall–Kier alpha value is -0.490. The van der Waals surface area contributed by atoms with Gasteiger partial charge in [-0.25, -0.2) is 0 Å². The summed E-state index contributed by atoms with van der Waals surface area (Å²) < 4.78 is 25.1. The lowest BCUT2D eigenvalue weighted by Crippen LogP contribution is -1.98. The van der Waals surface area contributed by atoms with Crippen LogP contribution in [0.4, 0.5) is 0 Å². The third kappa shape index (κ3) is 3.43. The summed E-state index contributed by atoms with van der Waals surface area (Å²) in [6, 6.07) is 0. The van der Waals surface area contributed by atoms with E-state index in [-0.39, 0.29) is 0 Å². The molecule has 0 aromatic rings. The largest absolute Gasteiger partial charge is 0.325 e. The van der Waals surface area contributed by atoms with E-state index in [0.717, 1.165) is 12.0 Å². The Kier molecular flexibility index (Phi) is 2.56. The Morgan fingerprint density at radius 2 is 2.45 bits per heavy atom. The maximum atomic E-state index is 10.4. The Labute approximate surface area is 69.4 Å². The first-order valence-electron chi connectivity index (χ1n) is 2.84. The van der Waals surface area contributed by atoms with Crippen molar-refractivity contribution in [3.63, 3.8) is 0 Å². The summed E-state index contributed by atoms with van der Waals surface area (Å²) in [5, 5.41) is 3.99. The SMILES string of the molecule is CS(=O)(=O)ON=C1C=CCS1. The first-order valence-corrected chi connectivity index (χ1v) is 5.64. The zero-order chi connectivity index (χ0) is 8.32. The second-order valence-corrected chi connectivity index (χ2v) is 4.52. The number of thioether (sulfide) groups is 1. The summed E-state index contributed by atoms with van der Waals surface area (Å²) in [5.74, 6) is 0.825. The molecule has 0 spiro atoms.